The number of rotatable bonds is 8. The summed E-state index contributed by atoms with van der Waals surface area (Å²) in [6.07, 6.45) is 0. The van der Waals surface area contributed by atoms with E-state index in [1.807, 2.05) is 18.2 Å². The third-order valence-corrected chi connectivity index (χ3v) is 6.27. The maximum Gasteiger partial charge on any atom is 0.337 e. The van der Waals surface area contributed by atoms with Crippen LogP contribution < -0.4 is 15.0 Å². The van der Waals surface area contributed by atoms with Crippen LogP contribution in [0.5, 0.6) is 5.75 Å². The number of hydrogen-bond donors (Lipinski definition) is 1. The molecule has 1 N–H and O–H groups in total. The summed E-state index contributed by atoms with van der Waals surface area (Å²) in [7, 11) is 2.61. The Morgan fingerprint density at radius 1 is 0.946 bits per heavy atom. The predicted octanol–water partition coefficient (Wildman–Crippen LogP) is 3.96. The van der Waals surface area contributed by atoms with Gasteiger partial charge in [-0.05, 0) is 35.9 Å². The summed E-state index contributed by atoms with van der Waals surface area (Å²) >= 11 is 0. The summed E-state index contributed by atoms with van der Waals surface area (Å²) < 4.78 is 9.87. The van der Waals surface area contributed by atoms with Gasteiger partial charge in [0.15, 0.2) is 5.75 Å². The number of benzene rings is 3. The van der Waals surface area contributed by atoms with Gasteiger partial charge >= 0.3 is 11.7 Å². The molecule has 0 saturated carbocycles. The number of methoxy groups -OCH3 is 2. The Morgan fingerprint density at radius 2 is 1.65 bits per heavy atom. The molecule has 10 nitrogen and oxygen atoms in total. The molecule has 1 saturated heterocycles. The summed E-state index contributed by atoms with van der Waals surface area (Å²) in [4.78, 5) is 40.6. The molecule has 0 aliphatic carbocycles. The summed E-state index contributed by atoms with van der Waals surface area (Å²) in [5.41, 5.74) is 2.49. The Bertz CT molecular complexity index is 1290. The van der Waals surface area contributed by atoms with Crippen molar-refractivity contribution in [3.05, 3.63) is 93.5 Å². The van der Waals surface area contributed by atoms with E-state index in [1.54, 1.807) is 18.2 Å². The van der Waals surface area contributed by atoms with Gasteiger partial charge in [-0.2, -0.15) is 0 Å². The minimum atomic E-state index is -0.603. The molecule has 37 heavy (non-hydrogen) atoms. The van der Waals surface area contributed by atoms with Crippen molar-refractivity contribution >= 4 is 28.9 Å². The van der Waals surface area contributed by atoms with E-state index in [4.69, 9.17) is 9.47 Å². The van der Waals surface area contributed by atoms with Crippen molar-refractivity contribution in [2.45, 2.75) is 6.54 Å². The van der Waals surface area contributed by atoms with Gasteiger partial charge in [-0.25, -0.2) is 4.79 Å². The highest BCUT2D eigenvalue weighted by Crippen LogP contribution is 2.31. The first-order valence-electron chi connectivity index (χ1n) is 11.8. The van der Waals surface area contributed by atoms with Gasteiger partial charge in [-0.3, -0.25) is 19.8 Å². The number of piperazine rings is 1. The Hall–Kier alpha value is -4.44. The summed E-state index contributed by atoms with van der Waals surface area (Å²) in [6.45, 7) is 3.95. The molecule has 0 spiro atoms. The van der Waals surface area contributed by atoms with Crippen molar-refractivity contribution in [3.8, 4) is 5.75 Å². The first-order valence-corrected chi connectivity index (χ1v) is 11.8. The fraction of sp³-hybridized carbons (Fsp3) is 0.259. The monoisotopic (exact) mass is 504 g/mol. The zero-order valence-electron chi connectivity index (χ0n) is 20.7. The van der Waals surface area contributed by atoms with Gasteiger partial charge in [-0.1, -0.05) is 30.3 Å². The normalized spacial score (nSPS) is 13.6. The van der Waals surface area contributed by atoms with Crippen molar-refractivity contribution in [1.29, 1.82) is 0 Å². The number of nitrogens with zero attached hydrogens (tertiary/aromatic N) is 3. The van der Waals surface area contributed by atoms with E-state index < -0.39 is 16.8 Å². The van der Waals surface area contributed by atoms with Gasteiger partial charge in [0.05, 0.1) is 36.1 Å². The SMILES string of the molecule is COC(=O)c1ccc(N2CCN(Cc3ccccc3)CC2)c(NC(=O)c2ccc(OC)c([N+](=O)[O-])c2)c1. The zero-order chi connectivity index (χ0) is 26.4. The van der Waals surface area contributed by atoms with E-state index in [9.17, 15) is 19.7 Å². The lowest BCUT2D eigenvalue weighted by molar-refractivity contribution is -0.385. The fourth-order valence-corrected chi connectivity index (χ4v) is 4.31. The number of nitro benzene ring substituents is 1. The molecule has 1 aliphatic rings. The second kappa shape index (κ2) is 11.5. The number of ether oxygens (including phenoxy) is 2. The second-order valence-corrected chi connectivity index (χ2v) is 8.57. The average Bonchev–Trinajstić information content (AvgIpc) is 2.93. The third kappa shape index (κ3) is 6.04. The number of hydrogen-bond acceptors (Lipinski definition) is 8. The third-order valence-electron chi connectivity index (χ3n) is 6.27. The number of anilines is 2. The number of nitrogens with one attached hydrogen (secondary N) is 1. The number of nitro groups is 1. The highest BCUT2D eigenvalue weighted by molar-refractivity contribution is 6.07. The van der Waals surface area contributed by atoms with Gasteiger partial charge in [0.1, 0.15) is 0 Å². The predicted molar refractivity (Wildman–Crippen MR) is 139 cm³/mol. The molecule has 3 aromatic carbocycles. The van der Waals surface area contributed by atoms with Crippen LogP contribution >= 0.6 is 0 Å². The molecule has 0 unspecified atom stereocenters. The number of esters is 1. The molecule has 192 valence electrons. The highest BCUT2D eigenvalue weighted by atomic mass is 16.6. The summed E-state index contributed by atoms with van der Waals surface area (Å²) in [6, 6.07) is 19.3. The summed E-state index contributed by atoms with van der Waals surface area (Å²) in [5.74, 6) is -1.02. The Morgan fingerprint density at radius 3 is 2.30 bits per heavy atom. The lowest BCUT2D eigenvalue weighted by Gasteiger charge is -2.37. The van der Waals surface area contributed by atoms with Crippen LogP contribution in [0.1, 0.15) is 26.3 Å². The maximum absolute atomic E-state index is 13.1. The Kier molecular flexibility index (Phi) is 7.99. The zero-order valence-corrected chi connectivity index (χ0v) is 20.7. The van der Waals surface area contributed by atoms with Gasteiger partial charge in [0.2, 0.25) is 0 Å². The first-order chi connectivity index (χ1) is 17.9. The lowest BCUT2D eigenvalue weighted by Crippen LogP contribution is -2.46. The quantitative estimate of drug-likeness (QED) is 0.279. The summed E-state index contributed by atoms with van der Waals surface area (Å²) in [5, 5.41) is 14.2. The fourth-order valence-electron chi connectivity index (χ4n) is 4.31. The molecule has 4 rings (SSSR count). The van der Waals surface area contributed by atoms with Gasteiger partial charge in [0, 0.05) is 44.4 Å². The molecule has 1 aliphatic heterocycles. The Labute approximate surface area is 214 Å². The maximum atomic E-state index is 13.1. The molecule has 0 atom stereocenters. The van der Waals surface area contributed by atoms with Crippen molar-refractivity contribution in [2.75, 3.05) is 50.6 Å². The van der Waals surface area contributed by atoms with Gasteiger partial charge in [0.25, 0.3) is 5.91 Å². The second-order valence-electron chi connectivity index (χ2n) is 8.57. The van der Waals surface area contributed by atoms with Crippen molar-refractivity contribution in [1.82, 2.24) is 4.90 Å². The lowest BCUT2D eigenvalue weighted by atomic mass is 10.1. The van der Waals surface area contributed by atoms with E-state index in [-0.39, 0.29) is 22.6 Å². The highest BCUT2D eigenvalue weighted by Gasteiger charge is 2.23. The Balaban J connectivity index is 1.55. The molecule has 0 radical (unpaired) electrons. The largest absolute Gasteiger partial charge is 0.490 e. The molecule has 3 aromatic rings. The van der Waals surface area contributed by atoms with Gasteiger partial charge < -0.3 is 19.7 Å². The van der Waals surface area contributed by atoms with E-state index >= 15 is 0 Å². The molecule has 0 aromatic heterocycles. The number of amides is 1. The van der Waals surface area contributed by atoms with Crippen LogP contribution in [0.3, 0.4) is 0 Å². The average molecular weight is 505 g/mol. The van der Waals surface area contributed by atoms with Crippen LogP contribution in [0.15, 0.2) is 66.7 Å². The van der Waals surface area contributed by atoms with Crippen LogP contribution in [0, 0.1) is 10.1 Å². The van der Waals surface area contributed by atoms with Crippen molar-refractivity contribution in [3.63, 3.8) is 0 Å². The van der Waals surface area contributed by atoms with Crippen molar-refractivity contribution in [2.24, 2.45) is 0 Å². The first kappa shape index (κ1) is 25.6. The molecule has 1 heterocycles. The molecular formula is C27H28N4O6. The number of carbonyl (C=O) groups excluding carboxylic acids is 2. The van der Waals surface area contributed by atoms with Crippen LogP contribution in [-0.2, 0) is 11.3 Å². The van der Waals surface area contributed by atoms with E-state index in [2.05, 4.69) is 27.2 Å². The van der Waals surface area contributed by atoms with E-state index in [1.165, 1.54) is 38.0 Å². The molecule has 0 bridgehead atoms. The van der Waals surface area contributed by atoms with E-state index in [0.717, 1.165) is 38.4 Å². The molecule has 1 fully saturated rings. The standard InChI is InChI=1S/C27H28N4O6/c1-36-25-11-9-20(17-24(25)31(34)35)26(32)28-22-16-21(27(33)37-2)8-10-23(22)30-14-12-29(13-15-30)18-19-6-4-3-5-7-19/h3-11,16-17H,12-15,18H2,1-2H3,(H,28,32). The van der Waals surface area contributed by atoms with Crippen LogP contribution in [-0.4, -0.2) is 62.1 Å². The topological polar surface area (TPSA) is 114 Å². The van der Waals surface area contributed by atoms with Crippen LogP contribution in [0.4, 0.5) is 17.1 Å². The van der Waals surface area contributed by atoms with Crippen molar-refractivity contribution < 1.29 is 24.0 Å². The smallest absolute Gasteiger partial charge is 0.337 e. The molecular weight excluding hydrogens is 476 g/mol. The minimum absolute atomic E-state index is 0.0586. The van der Waals surface area contributed by atoms with E-state index in [0.29, 0.717) is 5.69 Å². The van der Waals surface area contributed by atoms with Gasteiger partial charge in [-0.15, -0.1) is 0 Å². The molecule has 1 amide bonds. The molecule has 10 heteroatoms. The number of carbonyl (C=O) groups is 2. The van der Waals surface area contributed by atoms with Crippen LogP contribution in [0.2, 0.25) is 0 Å². The minimum Gasteiger partial charge on any atom is -0.490 e. The van der Waals surface area contributed by atoms with Crippen LogP contribution in [0.25, 0.3) is 0 Å².